The molecule has 0 radical (unpaired) electrons. The number of pyridine rings is 1. The van der Waals surface area contributed by atoms with Crippen LogP contribution in [0.3, 0.4) is 0 Å². The van der Waals surface area contributed by atoms with Gasteiger partial charge in [0.1, 0.15) is 5.69 Å². The quantitative estimate of drug-likeness (QED) is 0.459. The van der Waals surface area contributed by atoms with Crippen molar-refractivity contribution < 1.29 is 9.47 Å². The van der Waals surface area contributed by atoms with E-state index in [2.05, 4.69) is 51.4 Å². The largest absolute Gasteiger partial charge is 0.479 e. The van der Waals surface area contributed by atoms with Crippen LogP contribution in [-0.4, -0.2) is 75.1 Å². The average molecular weight is 419 g/mol. The summed E-state index contributed by atoms with van der Waals surface area (Å²) in [6.07, 6.45) is 2.08. The van der Waals surface area contributed by atoms with Crippen LogP contribution in [0.25, 0.3) is 0 Å². The fourth-order valence-corrected chi connectivity index (χ4v) is 2.79. The molecule has 0 aromatic carbocycles. The fraction of sp³-hybridized carbons (Fsp3) is 0.591. The van der Waals surface area contributed by atoms with E-state index in [0.717, 1.165) is 45.1 Å². The summed E-state index contributed by atoms with van der Waals surface area (Å²) in [6.45, 7) is 19.2. The molecule has 0 saturated carbocycles. The van der Waals surface area contributed by atoms with Gasteiger partial charge in [-0.3, -0.25) is 4.90 Å². The summed E-state index contributed by atoms with van der Waals surface area (Å²) in [4.78, 5) is 16.8. The van der Waals surface area contributed by atoms with E-state index in [-0.39, 0.29) is 5.96 Å². The molecule has 1 aromatic rings. The van der Waals surface area contributed by atoms with Gasteiger partial charge in [0.25, 0.3) is 0 Å². The number of ether oxygens (including phenoxy) is 2. The molecule has 2 N–H and O–H groups in total. The molecule has 1 aromatic heterocycles. The van der Waals surface area contributed by atoms with Crippen molar-refractivity contribution in [2.75, 3.05) is 51.4 Å². The van der Waals surface area contributed by atoms with Crippen LogP contribution in [0.1, 0.15) is 34.6 Å². The lowest BCUT2D eigenvalue weighted by atomic mass is 10.1. The monoisotopic (exact) mass is 418 g/mol. The standard InChI is InChI=1S/C15H22N6O2.C5H10.C2H6/c1-17-15(16)19-13-4-3-12(14(18-13)22-2)21-7-5-20(6-8-21)11-9-23-10-11;1-4-5(2)3;1-2/h3-4,11H,1,5-10H2,2H3,(H2,16,18,19);4H,1-3H3;1-2H3. The van der Waals surface area contributed by atoms with Crippen molar-refractivity contribution in [3.63, 3.8) is 0 Å². The lowest BCUT2D eigenvalue weighted by Crippen LogP contribution is -2.56. The number of methoxy groups -OCH3 is 1. The van der Waals surface area contributed by atoms with Gasteiger partial charge in [-0.1, -0.05) is 25.5 Å². The zero-order valence-corrected chi connectivity index (χ0v) is 19.4. The lowest BCUT2D eigenvalue weighted by molar-refractivity contribution is -0.0660. The maximum Gasteiger partial charge on any atom is 0.239 e. The number of rotatable bonds is 4. The molecule has 0 spiro atoms. The Kier molecular flexibility index (Phi) is 11.7. The van der Waals surface area contributed by atoms with Crippen molar-refractivity contribution in [2.24, 2.45) is 15.7 Å². The van der Waals surface area contributed by atoms with E-state index in [9.17, 15) is 0 Å². The summed E-state index contributed by atoms with van der Waals surface area (Å²) in [5.74, 6) is 1.09. The first-order valence-electron chi connectivity index (χ1n) is 10.5. The third kappa shape index (κ3) is 7.76. The molecule has 2 saturated heterocycles. The minimum Gasteiger partial charge on any atom is -0.479 e. The minimum atomic E-state index is 0.0867. The average Bonchev–Trinajstić information content (AvgIpc) is 2.74. The summed E-state index contributed by atoms with van der Waals surface area (Å²) >= 11 is 0. The molecule has 3 rings (SSSR count). The van der Waals surface area contributed by atoms with Gasteiger partial charge in [-0.15, -0.1) is 0 Å². The number of aliphatic imine (C=N–C) groups is 2. The van der Waals surface area contributed by atoms with Gasteiger partial charge in [0.15, 0.2) is 5.82 Å². The summed E-state index contributed by atoms with van der Waals surface area (Å²) in [7, 11) is 1.61. The Labute approximate surface area is 181 Å². The Hall–Kier alpha value is -2.45. The Morgan fingerprint density at radius 3 is 2.27 bits per heavy atom. The molecule has 2 aliphatic rings. The van der Waals surface area contributed by atoms with Gasteiger partial charge < -0.3 is 20.1 Å². The molecule has 3 heterocycles. The molecule has 0 amide bonds. The number of guanidine groups is 1. The molecule has 30 heavy (non-hydrogen) atoms. The SMILES string of the molecule is C=NC(N)=Nc1ccc(N2CCN(C3COC3)CC2)c(OC)n1.CC.CC=C(C)C. The molecular weight excluding hydrogens is 380 g/mol. The Morgan fingerprint density at radius 2 is 1.83 bits per heavy atom. The van der Waals surface area contributed by atoms with E-state index in [1.165, 1.54) is 5.57 Å². The van der Waals surface area contributed by atoms with Crippen molar-refractivity contribution in [1.82, 2.24) is 9.88 Å². The molecule has 0 atom stereocenters. The molecule has 0 aliphatic carbocycles. The van der Waals surface area contributed by atoms with Gasteiger partial charge >= 0.3 is 0 Å². The van der Waals surface area contributed by atoms with Crippen molar-refractivity contribution in [2.45, 2.75) is 40.7 Å². The third-order valence-electron chi connectivity index (χ3n) is 4.78. The van der Waals surface area contributed by atoms with Crippen LogP contribution in [0.4, 0.5) is 11.5 Å². The van der Waals surface area contributed by atoms with Gasteiger partial charge in [-0.2, -0.15) is 9.98 Å². The van der Waals surface area contributed by atoms with E-state index in [4.69, 9.17) is 15.2 Å². The number of piperazine rings is 1. The molecule has 0 unspecified atom stereocenters. The Balaban J connectivity index is 0.000000565. The normalized spacial score (nSPS) is 16.9. The molecular formula is C22H38N6O2. The number of nitrogens with zero attached hydrogens (tertiary/aromatic N) is 5. The Bertz CT molecular complexity index is 704. The fourth-order valence-electron chi connectivity index (χ4n) is 2.79. The van der Waals surface area contributed by atoms with Crippen LogP contribution < -0.4 is 15.4 Å². The van der Waals surface area contributed by atoms with Crippen LogP contribution in [0.15, 0.2) is 33.8 Å². The van der Waals surface area contributed by atoms with E-state index in [1.54, 1.807) is 7.11 Å². The smallest absolute Gasteiger partial charge is 0.239 e. The minimum absolute atomic E-state index is 0.0867. The third-order valence-corrected chi connectivity index (χ3v) is 4.78. The first-order valence-corrected chi connectivity index (χ1v) is 10.5. The van der Waals surface area contributed by atoms with E-state index in [1.807, 2.05) is 32.9 Å². The van der Waals surface area contributed by atoms with Gasteiger partial charge in [-0.25, -0.2) is 4.99 Å². The first-order chi connectivity index (χ1) is 14.5. The number of hydrogen-bond acceptors (Lipinski definition) is 6. The molecule has 2 fully saturated rings. The summed E-state index contributed by atoms with van der Waals surface area (Å²) in [5.41, 5.74) is 7.91. The van der Waals surface area contributed by atoms with Crippen molar-refractivity contribution in [1.29, 1.82) is 0 Å². The second kappa shape index (κ2) is 13.7. The van der Waals surface area contributed by atoms with Crippen LogP contribution in [-0.2, 0) is 4.74 Å². The number of anilines is 1. The van der Waals surface area contributed by atoms with E-state index >= 15 is 0 Å². The summed E-state index contributed by atoms with van der Waals surface area (Å²) < 4.78 is 10.7. The maximum atomic E-state index is 5.55. The van der Waals surface area contributed by atoms with Gasteiger partial charge in [0, 0.05) is 26.2 Å². The second-order valence-corrected chi connectivity index (χ2v) is 6.91. The highest BCUT2D eigenvalue weighted by Gasteiger charge is 2.29. The molecule has 8 heteroatoms. The van der Waals surface area contributed by atoms with Gasteiger partial charge in [-0.05, 0) is 39.6 Å². The van der Waals surface area contributed by atoms with Gasteiger partial charge in [0.2, 0.25) is 11.8 Å². The van der Waals surface area contributed by atoms with Crippen LogP contribution in [0, 0.1) is 0 Å². The van der Waals surface area contributed by atoms with Crippen LogP contribution >= 0.6 is 0 Å². The van der Waals surface area contributed by atoms with Crippen molar-refractivity contribution >= 4 is 24.2 Å². The number of hydrogen-bond donors (Lipinski definition) is 1. The zero-order valence-electron chi connectivity index (χ0n) is 19.4. The van der Waals surface area contributed by atoms with Gasteiger partial charge in [0.05, 0.1) is 26.4 Å². The molecule has 2 aliphatic heterocycles. The number of allylic oxidation sites excluding steroid dienone is 2. The molecule has 0 bridgehead atoms. The zero-order chi connectivity index (χ0) is 22.5. The van der Waals surface area contributed by atoms with Crippen LogP contribution in [0.2, 0.25) is 0 Å². The van der Waals surface area contributed by atoms with E-state index < -0.39 is 0 Å². The predicted molar refractivity (Wildman–Crippen MR) is 126 cm³/mol. The van der Waals surface area contributed by atoms with Crippen molar-refractivity contribution in [3.8, 4) is 5.88 Å². The topological polar surface area (TPSA) is 88.6 Å². The van der Waals surface area contributed by atoms with Crippen LogP contribution in [0.5, 0.6) is 5.88 Å². The predicted octanol–water partition coefficient (Wildman–Crippen LogP) is 3.26. The highest BCUT2D eigenvalue weighted by molar-refractivity contribution is 5.84. The van der Waals surface area contributed by atoms with E-state index in [0.29, 0.717) is 17.7 Å². The molecule has 168 valence electrons. The number of nitrogens with two attached hydrogens (primary N) is 1. The maximum absolute atomic E-state index is 5.55. The summed E-state index contributed by atoms with van der Waals surface area (Å²) in [6, 6.07) is 4.36. The second-order valence-electron chi connectivity index (χ2n) is 6.91. The number of aromatic nitrogens is 1. The lowest BCUT2D eigenvalue weighted by Gasteiger charge is -2.43. The Morgan fingerprint density at radius 1 is 1.23 bits per heavy atom. The highest BCUT2D eigenvalue weighted by Crippen LogP contribution is 2.30. The molecule has 8 nitrogen and oxygen atoms in total. The van der Waals surface area contributed by atoms with Crippen molar-refractivity contribution in [3.05, 3.63) is 23.8 Å². The summed E-state index contributed by atoms with van der Waals surface area (Å²) in [5, 5.41) is 0. The first kappa shape index (κ1) is 25.6. The highest BCUT2D eigenvalue weighted by atomic mass is 16.5.